The second kappa shape index (κ2) is 6.68. The van der Waals surface area contributed by atoms with Gasteiger partial charge in [0.15, 0.2) is 0 Å². The van der Waals surface area contributed by atoms with Gasteiger partial charge in [-0.15, -0.1) is 0 Å². The number of carbonyl (C=O) groups excluding carboxylic acids is 2. The smallest absolute Gasteiger partial charge is 0.308 e. The molecule has 1 aliphatic rings. The van der Waals surface area contributed by atoms with Crippen molar-refractivity contribution in [3.8, 4) is 11.1 Å². The summed E-state index contributed by atoms with van der Waals surface area (Å²) in [6.07, 6.45) is 0. The third kappa shape index (κ3) is 3.19. The highest BCUT2D eigenvalue weighted by molar-refractivity contribution is 6.00. The molecule has 2 amide bonds. The topological polar surface area (TPSA) is 71.1 Å². The summed E-state index contributed by atoms with van der Waals surface area (Å²) in [7, 11) is 0. The summed E-state index contributed by atoms with van der Waals surface area (Å²) in [4.78, 5) is 29.1. The van der Waals surface area contributed by atoms with Crippen LogP contribution in [0.25, 0.3) is 11.1 Å². The molecule has 5 nitrogen and oxygen atoms in total. The maximum Gasteiger partial charge on any atom is 0.324 e. The lowest BCUT2D eigenvalue weighted by Crippen LogP contribution is -2.20. The van der Waals surface area contributed by atoms with Crippen LogP contribution in [0.4, 0.5) is 16.3 Å². The van der Waals surface area contributed by atoms with Crippen molar-refractivity contribution in [2.75, 3.05) is 10.6 Å². The zero-order chi connectivity index (χ0) is 19.0. The zero-order valence-electron chi connectivity index (χ0n) is 15.1. The Morgan fingerprint density at radius 1 is 0.889 bits per heavy atom. The Labute approximate surface area is 157 Å². The van der Waals surface area contributed by atoms with Crippen LogP contribution in [0.2, 0.25) is 0 Å². The van der Waals surface area contributed by atoms with Crippen molar-refractivity contribution in [3.05, 3.63) is 77.5 Å². The summed E-state index contributed by atoms with van der Waals surface area (Å²) < 4.78 is 0. The van der Waals surface area contributed by atoms with E-state index in [1.54, 1.807) is 13.0 Å². The maximum atomic E-state index is 12.3. The number of ketones is 1. The Balaban J connectivity index is 1.59. The minimum Gasteiger partial charge on any atom is -0.308 e. The molecule has 0 saturated heterocycles. The number of anilines is 2. The number of fused-ring (bicyclic) bond motifs is 3. The van der Waals surface area contributed by atoms with Gasteiger partial charge in [-0.2, -0.15) is 0 Å². The van der Waals surface area contributed by atoms with Crippen molar-refractivity contribution in [3.63, 3.8) is 0 Å². The Hall–Kier alpha value is -3.47. The average molecular weight is 357 g/mol. The molecule has 1 atom stereocenters. The summed E-state index contributed by atoms with van der Waals surface area (Å²) in [6.45, 7) is 3.56. The number of aromatic nitrogens is 1. The van der Waals surface area contributed by atoms with Crippen LogP contribution in [-0.2, 0) is 4.79 Å². The lowest BCUT2D eigenvalue weighted by atomic mass is 9.96. The molecule has 1 aromatic heterocycles. The van der Waals surface area contributed by atoms with Crippen LogP contribution >= 0.6 is 0 Å². The molecular formula is C22H19N3O2. The molecule has 0 spiro atoms. The van der Waals surface area contributed by atoms with Gasteiger partial charge in [-0.3, -0.25) is 10.1 Å². The fourth-order valence-electron chi connectivity index (χ4n) is 3.46. The van der Waals surface area contributed by atoms with Crippen molar-refractivity contribution in [1.29, 1.82) is 0 Å². The van der Waals surface area contributed by atoms with Crippen LogP contribution in [0.5, 0.6) is 0 Å². The van der Waals surface area contributed by atoms with E-state index in [-0.39, 0.29) is 11.8 Å². The predicted molar refractivity (Wildman–Crippen MR) is 106 cm³/mol. The van der Waals surface area contributed by atoms with Gasteiger partial charge in [0.1, 0.15) is 11.6 Å². The number of benzene rings is 2. The largest absolute Gasteiger partial charge is 0.324 e. The average Bonchev–Trinajstić information content (AvgIpc) is 2.97. The summed E-state index contributed by atoms with van der Waals surface area (Å²) in [5, 5.41) is 5.53. The van der Waals surface area contributed by atoms with Crippen molar-refractivity contribution in [2.45, 2.75) is 19.8 Å². The van der Waals surface area contributed by atoms with Crippen molar-refractivity contribution >= 4 is 23.3 Å². The maximum absolute atomic E-state index is 12.3. The lowest BCUT2D eigenvalue weighted by Gasteiger charge is -2.11. The van der Waals surface area contributed by atoms with Gasteiger partial charge in [-0.25, -0.2) is 9.78 Å². The SMILES string of the molecule is CC(=O)C1c2ccccc2-c2ccc(NC(=O)Nc3ccc(C)cc3)nc21. The number of amides is 2. The summed E-state index contributed by atoms with van der Waals surface area (Å²) in [5.41, 5.74) is 5.45. The molecule has 1 unspecified atom stereocenters. The second-order valence-electron chi connectivity index (χ2n) is 6.71. The van der Waals surface area contributed by atoms with E-state index in [2.05, 4.69) is 15.6 Å². The molecule has 2 aromatic carbocycles. The summed E-state index contributed by atoms with van der Waals surface area (Å²) >= 11 is 0. The number of hydrogen-bond acceptors (Lipinski definition) is 3. The van der Waals surface area contributed by atoms with E-state index < -0.39 is 5.92 Å². The van der Waals surface area contributed by atoms with Gasteiger partial charge in [0.05, 0.1) is 11.6 Å². The number of pyridine rings is 1. The van der Waals surface area contributed by atoms with Crippen molar-refractivity contribution in [1.82, 2.24) is 4.98 Å². The van der Waals surface area contributed by atoms with E-state index in [0.29, 0.717) is 17.2 Å². The molecule has 0 radical (unpaired) electrons. The standard InChI is InChI=1S/C22H19N3O2/c1-13-7-9-15(10-8-13)23-22(27)25-19-12-11-18-16-5-3-4-6-17(16)20(14(2)26)21(18)24-19/h3-12,20H,1-2H3,(H2,23,24,25,27). The first-order valence-electron chi connectivity index (χ1n) is 8.78. The van der Waals surface area contributed by atoms with Gasteiger partial charge >= 0.3 is 6.03 Å². The monoisotopic (exact) mass is 357 g/mol. The molecular weight excluding hydrogens is 338 g/mol. The van der Waals surface area contributed by atoms with Gasteiger partial charge in [0, 0.05) is 11.3 Å². The van der Waals surface area contributed by atoms with Gasteiger partial charge in [-0.1, -0.05) is 42.0 Å². The first-order chi connectivity index (χ1) is 13.0. The Morgan fingerprint density at radius 3 is 2.37 bits per heavy atom. The van der Waals surface area contributed by atoms with Gasteiger partial charge in [0.25, 0.3) is 0 Å². The van der Waals surface area contributed by atoms with E-state index in [0.717, 1.165) is 22.3 Å². The van der Waals surface area contributed by atoms with Crippen LogP contribution < -0.4 is 10.6 Å². The predicted octanol–water partition coefficient (Wildman–Crippen LogP) is 4.74. The Bertz CT molecular complexity index is 1040. The lowest BCUT2D eigenvalue weighted by molar-refractivity contribution is -0.117. The number of carbonyl (C=O) groups is 2. The highest BCUT2D eigenvalue weighted by Gasteiger charge is 2.33. The number of Topliss-reactive ketones (excluding diaryl/α,β-unsaturated/α-hetero) is 1. The van der Waals surface area contributed by atoms with Crippen LogP contribution in [0.15, 0.2) is 60.7 Å². The van der Waals surface area contributed by atoms with Crippen LogP contribution in [0, 0.1) is 6.92 Å². The molecule has 5 heteroatoms. The minimum atomic E-state index is -0.391. The number of hydrogen-bond donors (Lipinski definition) is 2. The highest BCUT2D eigenvalue weighted by Crippen LogP contribution is 2.44. The van der Waals surface area contributed by atoms with Crippen molar-refractivity contribution in [2.24, 2.45) is 0 Å². The molecule has 2 N–H and O–H groups in total. The normalized spacial score (nSPS) is 14.2. The first kappa shape index (κ1) is 17.0. The highest BCUT2D eigenvalue weighted by atomic mass is 16.2. The van der Waals surface area contributed by atoms with E-state index in [1.807, 2.05) is 61.5 Å². The van der Waals surface area contributed by atoms with Crippen LogP contribution in [0.1, 0.15) is 29.7 Å². The number of aryl methyl sites for hydroxylation is 1. The van der Waals surface area contributed by atoms with E-state index >= 15 is 0 Å². The van der Waals surface area contributed by atoms with E-state index in [9.17, 15) is 9.59 Å². The number of rotatable bonds is 3. The third-order valence-electron chi connectivity index (χ3n) is 4.72. The number of urea groups is 1. The first-order valence-corrected chi connectivity index (χ1v) is 8.78. The van der Waals surface area contributed by atoms with Gasteiger partial charge in [0.2, 0.25) is 0 Å². The van der Waals surface area contributed by atoms with Crippen molar-refractivity contribution < 1.29 is 9.59 Å². The van der Waals surface area contributed by atoms with Crippen LogP contribution in [0.3, 0.4) is 0 Å². The van der Waals surface area contributed by atoms with Crippen LogP contribution in [-0.4, -0.2) is 16.8 Å². The zero-order valence-corrected chi connectivity index (χ0v) is 15.1. The van der Waals surface area contributed by atoms with E-state index in [4.69, 9.17) is 0 Å². The van der Waals surface area contributed by atoms with Gasteiger partial charge < -0.3 is 5.32 Å². The molecule has 0 aliphatic heterocycles. The number of nitrogens with one attached hydrogen (secondary N) is 2. The molecule has 3 aromatic rings. The fourth-order valence-corrected chi connectivity index (χ4v) is 3.46. The summed E-state index contributed by atoms with van der Waals surface area (Å²) in [5.74, 6) is 0.0606. The molecule has 0 saturated carbocycles. The molecule has 0 fully saturated rings. The molecule has 1 aliphatic carbocycles. The number of nitrogens with zero attached hydrogens (tertiary/aromatic N) is 1. The molecule has 27 heavy (non-hydrogen) atoms. The fraction of sp³-hybridized carbons (Fsp3) is 0.136. The van der Waals surface area contributed by atoms with E-state index in [1.165, 1.54) is 0 Å². The molecule has 4 rings (SSSR count). The molecule has 0 bridgehead atoms. The summed E-state index contributed by atoms with van der Waals surface area (Å²) in [6, 6.07) is 18.7. The Kier molecular flexibility index (Phi) is 4.20. The van der Waals surface area contributed by atoms with Gasteiger partial charge in [-0.05, 0) is 49.2 Å². The molecule has 1 heterocycles. The third-order valence-corrected chi connectivity index (χ3v) is 4.72. The Morgan fingerprint density at radius 2 is 1.63 bits per heavy atom. The quantitative estimate of drug-likeness (QED) is 0.711. The minimum absolute atomic E-state index is 0.0370. The molecule has 134 valence electrons. The second-order valence-corrected chi connectivity index (χ2v) is 6.71.